The predicted octanol–water partition coefficient (Wildman–Crippen LogP) is 7.55. The molecule has 0 aliphatic rings. The number of hydrogen-bond donors (Lipinski definition) is 1. The molecule has 0 nitrogen and oxygen atoms in total. The molecule has 0 amide bonds. The summed E-state index contributed by atoms with van der Waals surface area (Å²) in [5.41, 5.74) is 5.02. The van der Waals surface area contributed by atoms with Crippen molar-refractivity contribution < 1.29 is 19.5 Å². The molecule has 0 spiro atoms. The zero-order valence-electron chi connectivity index (χ0n) is 18.3. The van der Waals surface area contributed by atoms with E-state index in [4.69, 9.17) is 0 Å². The van der Waals surface area contributed by atoms with Crippen LogP contribution < -0.4 is 0 Å². The first-order valence-corrected chi connectivity index (χ1v) is 9.57. The fourth-order valence-electron chi connectivity index (χ4n) is 2.71. The van der Waals surface area contributed by atoms with Crippen LogP contribution in [0.4, 0.5) is 0 Å². The van der Waals surface area contributed by atoms with Gasteiger partial charge in [0.1, 0.15) is 0 Å². The summed E-state index contributed by atoms with van der Waals surface area (Å²) in [6.45, 7) is 20.7. The van der Waals surface area contributed by atoms with Gasteiger partial charge >= 0.3 is 0 Å². The molecule has 2 heteroatoms. The monoisotopic (exact) mass is 420 g/mol. The van der Waals surface area contributed by atoms with Crippen LogP contribution in [0.3, 0.4) is 0 Å². The van der Waals surface area contributed by atoms with Crippen LogP contribution >= 0.6 is 12.6 Å². The molecule has 0 unspecified atom stereocenters. The van der Waals surface area contributed by atoms with Crippen molar-refractivity contribution >= 4 is 12.6 Å². The van der Waals surface area contributed by atoms with Crippen LogP contribution in [0, 0.1) is 0 Å². The average Bonchev–Trinajstić information content (AvgIpc) is 2.45. The minimum absolute atomic E-state index is 0. The smallest absolute Gasteiger partial charge is 0.00399 e. The van der Waals surface area contributed by atoms with Crippen LogP contribution in [0.5, 0.6) is 0 Å². The molecule has 0 bridgehead atoms. The van der Waals surface area contributed by atoms with Crippen LogP contribution in [0.2, 0.25) is 0 Å². The van der Waals surface area contributed by atoms with Crippen molar-refractivity contribution in [2.45, 2.75) is 83.5 Å². The molecule has 0 saturated carbocycles. The fraction of sp³-hybridized carbons (Fsp3) is 0.500. The van der Waals surface area contributed by atoms with E-state index in [-0.39, 0.29) is 35.7 Å². The topological polar surface area (TPSA) is 0 Å². The molecular formula is C24H36SZn. The Morgan fingerprint density at radius 2 is 1.04 bits per heavy atom. The summed E-state index contributed by atoms with van der Waals surface area (Å²) in [5, 5.41) is 0. The molecule has 0 aromatic heterocycles. The van der Waals surface area contributed by atoms with E-state index < -0.39 is 0 Å². The maximum Gasteiger partial charge on any atom is 0.00399 e. The van der Waals surface area contributed by atoms with Crippen molar-refractivity contribution in [3.05, 3.63) is 65.2 Å². The average molecular weight is 422 g/mol. The summed E-state index contributed by atoms with van der Waals surface area (Å²) < 4.78 is 0. The van der Waals surface area contributed by atoms with Gasteiger partial charge in [0.2, 0.25) is 0 Å². The van der Waals surface area contributed by atoms with Gasteiger partial charge in [0.05, 0.1) is 0 Å². The second-order valence-corrected chi connectivity index (χ2v) is 10.4. The van der Waals surface area contributed by atoms with E-state index in [9.17, 15) is 0 Å². The molecule has 0 atom stereocenters. The number of hydrogen-bond acceptors (Lipinski definition) is 1. The fourth-order valence-corrected chi connectivity index (χ4v) is 2.89. The van der Waals surface area contributed by atoms with Crippen LogP contribution in [0.1, 0.15) is 79.0 Å². The van der Waals surface area contributed by atoms with Crippen molar-refractivity contribution in [1.29, 1.82) is 0 Å². The largest absolute Gasteiger partial charge is 0.143 e. The van der Waals surface area contributed by atoms with E-state index in [1.165, 1.54) is 16.7 Å². The first kappa shape index (κ1) is 25.4. The summed E-state index contributed by atoms with van der Waals surface area (Å²) in [4.78, 5) is 1.02. The maximum absolute atomic E-state index is 4.08. The molecular weight excluding hydrogens is 386 g/mol. The van der Waals surface area contributed by atoms with Crippen LogP contribution in [0.15, 0.2) is 53.4 Å². The normalized spacial score (nSPS) is 11.9. The molecule has 0 radical (unpaired) electrons. The Bertz CT molecular complexity index is 668. The number of thiol groups is 1. The van der Waals surface area contributed by atoms with E-state index in [2.05, 4.69) is 93.1 Å². The van der Waals surface area contributed by atoms with Gasteiger partial charge in [0.25, 0.3) is 0 Å². The Kier molecular flexibility index (Phi) is 9.35. The van der Waals surface area contributed by atoms with Gasteiger partial charge in [-0.3, -0.25) is 0 Å². The zero-order valence-corrected chi connectivity index (χ0v) is 22.1. The summed E-state index contributed by atoms with van der Waals surface area (Å²) in [5.74, 6) is 0. The molecule has 0 aliphatic carbocycles. The van der Waals surface area contributed by atoms with Gasteiger partial charge in [0, 0.05) is 24.4 Å². The summed E-state index contributed by atoms with van der Waals surface area (Å²) in [7, 11) is 0. The van der Waals surface area contributed by atoms with E-state index in [1.807, 2.05) is 30.3 Å². The Morgan fingerprint density at radius 3 is 1.35 bits per heavy atom. The van der Waals surface area contributed by atoms with Gasteiger partial charge in [-0.05, 0) is 45.1 Å². The Morgan fingerprint density at radius 1 is 0.577 bits per heavy atom. The molecule has 0 aliphatic heterocycles. The van der Waals surface area contributed by atoms with Gasteiger partial charge < -0.3 is 0 Å². The molecule has 0 saturated heterocycles. The second-order valence-electron chi connectivity index (χ2n) is 9.85. The molecule has 2 aromatic rings. The van der Waals surface area contributed by atoms with Crippen LogP contribution in [-0.4, -0.2) is 0 Å². The minimum atomic E-state index is 0. The van der Waals surface area contributed by atoms with Crippen molar-refractivity contribution in [2.24, 2.45) is 0 Å². The Labute approximate surface area is 180 Å². The van der Waals surface area contributed by atoms with E-state index in [0.717, 1.165) is 4.90 Å². The predicted molar refractivity (Wildman–Crippen MR) is 116 cm³/mol. The SMILES string of the molecule is CC(C)(C)c1ccc(C(C)(C)C)c(C(C)(C)C)c1.Sc1ccccc1.[Zn]. The molecule has 0 heterocycles. The van der Waals surface area contributed by atoms with Crippen molar-refractivity contribution in [3.8, 4) is 0 Å². The van der Waals surface area contributed by atoms with Crippen molar-refractivity contribution in [2.75, 3.05) is 0 Å². The molecule has 26 heavy (non-hydrogen) atoms. The molecule has 0 N–H and O–H groups in total. The first-order chi connectivity index (χ1) is 11.2. The van der Waals surface area contributed by atoms with Crippen molar-refractivity contribution in [1.82, 2.24) is 0 Å². The molecule has 2 aromatic carbocycles. The van der Waals surface area contributed by atoms with Gasteiger partial charge in [-0.25, -0.2) is 0 Å². The van der Waals surface area contributed by atoms with Gasteiger partial charge in [-0.1, -0.05) is 98.7 Å². The summed E-state index contributed by atoms with van der Waals surface area (Å²) in [6, 6.07) is 16.8. The zero-order chi connectivity index (χ0) is 19.5. The maximum atomic E-state index is 4.08. The van der Waals surface area contributed by atoms with Crippen molar-refractivity contribution in [3.63, 3.8) is 0 Å². The third-order valence-electron chi connectivity index (χ3n) is 4.26. The summed E-state index contributed by atoms with van der Waals surface area (Å²) >= 11 is 4.08. The van der Waals surface area contributed by atoms with E-state index in [0.29, 0.717) is 0 Å². The van der Waals surface area contributed by atoms with E-state index in [1.54, 1.807) is 0 Å². The molecule has 0 fully saturated rings. The third-order valence-corrected chi connectivity index (χ3v) is 4.56. The quantitative estimate of drug-likeness (QED) is 0.329. The molecule has 2 rings (SSSR count). The van der Waals surface area contributed by atoms with Gasteiger partial charge in [-0.2, -0.15) is 0 Å². The third kappa shape index (κ3) is 7.97. The first-order valence-electron chi connectivity index (χ1n) is 9.12. The van der Waals surface area contributed by atoms with Crippen LogP contribution in [-0.2, 0) is 35.7 Å². The van der Waals surface area contributed by atoms with E-state index >= 15 is 0 Å². The standard InChI is InChI=1S/C18H30.C6H6S.Zn/c1-16(2,3)13-10-11-14(17(4,5)6)15(12-13)18(7,8)9;7-6-4-2-1-3-5-6;/h10-12H,1-9H3;1-5,7H;. The Hall–Kier alpha value is -0.587. The number of rotatable bonds is 0. The van der Waals surface area contributed by atoms with Crippen LogP contribution in [0.25, 0.3) is 0 Å². The second kappa shape index (κ2) is 9.56. The molecule has 140 valence electrons. The number of benzene rings is 2. The summed E-state index contributed by atoms with van der Waals surface area (Å²) in [6.07, 6.45) is 0. The van der Waals surface area contributed by atoms with Gasteiger partial charge in [-0.15, -0.1) is 12.6 Å². The van der Waals surface area contributed by atoms with Gasteiger partial charge in [0.15, 0.2) is 0 Å². The Balaban J connectivity index is 0.000000655. The minimum Gasteiger partial charge on any atom is -0.143 e.